The molecule has 26 heavy (non-hydrogen) atoms. The van der Waals surface area contributed by atoms with Crippen LogP contribution in [0.4, 0.5) is 0 Å². The summed E-state index contributed by atoms with van der Waals surface area (Å²) in [6.07, 6.45) is 0. The number of hydrogen-bond donors (Lipinski definition) is 0. The number of nitrogens with zero attached hydrogens (tertiary/aromatic N) is 2. The molecule has 6 heteroatoms. The van der Waals surface area contributed by atoms with Gasteiger partial charge in [-0.3, -0.25) is 9.80 Å². The summed E-state index contributed by atoms with van der Waals surface area (Å²) in [5, 5.41) is 0. The van der Waals surface area contributed by atoms with Crippen LogP contribution in [0.5, 0.6) is 0 Å². The van der Waals surface area contributed by atoms with Crippen LogP contribution in [-0.4, -0.2) is 99.9 Å². The van der Waals surface area contributed by atoms with E-state index in [9.17, 15) is 0 Å². The fourth-order valence-corrected chi connectivity index (χ4v) is 2.91. The molecule has 0 atom stereocenters. The Hall–Kier alpha value is -0.240. The molecule has 6 nitrogen and oxygen atoms in total. The van der Waals surface area contributed by atoms with Gasteiger partial charge in [0.25, 0.3) is 0 Å². The van der Waals surface area contributed by atoms with Crippen molar-refractivity contribution in [1.29, 1.82) is 0 Å². The van der Waals surface area contributed by atoms with Gasteiger partial charge in [0.15, 0.2) is 0 Å². The van der Waals surface area contributed by atoms with Crippen molar-refractivity contribution in [2.45, 2.75) is 52.6 Å². The quantitative estimate of drug-likeness (QED) is 0.648. The summed E-state index contributed by atoms with van der Waals surface area (Å²) in [5.74, 6) is 0. The Morgan fingerprint density at radius 3 is 0.846 bits per heavy atom. The van der Waals surface area contributed by atoms with Gasteiger partial charge in [-0.1, -0.05) is 0 Å². The van der Waals surface area contributed by atoms with Crippen molar-refractivity contribution in [2.75, 3.05) is 79.0 Å². The molecule has 156 valence electrons. The van der Waals surface area contributed by atoms with Crippen LogP contribution in [0, 0.1) is 0 Å². The Balaban J connectivity index is 2.46. The molecule has 0 aromatic carbocycles. The highest BCUT2D eigenvalue weighted by atomic mass is 16.5. The van der Waals surface area contributed by atoms with Gasteiger partial charge in [0, 0.05) is 37.3 Å². The molecule has 1 saturated heterocycles. The van der Waals surface area contributed by atoms with Crippen LogP contribution in [0.2, 0.25) is 0 Å². The van der Waals surface area contributed by atoms with E-state index in [1.54, 1.807) is 0 Å². The molecule has 0 spiro atoms. The summed E-state index contributed by atoms with van der Waals surface area (Å²) < 4.78 is 23.0. The summed E-state index contributed by atoms with van der Waals surface area (Å²) in [6.45, 7) is 22.5. The molecule has 0 aromatic rings. The van der Waals surface area contributed by atoms with Crippen molar-refractivity contribution in [3.05, 3.63) is 0 Å². The molecular weight excluding hydrogens is 332 g/mol. The largest absolute Gasteiger partial charge is 0.378 e. The summed E-state index contributed by atoms with van der Waals surface area (Å²) in [6, 6.07) is 0. The first-order valence-corrected chi connectivity index (χ1v) is 10.0. The second kappa shape index (κ2) is 12.3. The van der Waals surface area contributed by atoms with Gasteiger partial charge < -0.3 is 18.9 Å². The van der Waals surface area contributed by atoms with E-state index in [4.69, 9.17) is 18.9 Å². The first kappa shape index (κ1) is 23.8. The summed E-state index contributed by atoms with van der Waals surface area (Å²) >= 11 is 0. The number of rotatable bonds is 0. The maximum absolute atomic E-state index is 5.76. The summed E-state index contributed by atoms with van der Waals surface area (Å²) in [4.78, 5) is 4.80. The molecular formula is C20H42N2O4. The van der Waals surface area contributed by atoms with Crippen LogP contribution >= 0.6 is 0 Å². The van der Waals surface area contributed by atoms with Crippen LogP contribution < -0.4 is 0 Å². The van der Waals surface area contributed by atoms with Gasteiger partial charge >= 0.3 is 0 Å². The number of hydrogen-bond acceptors (Lipinski definition) is 6. The molecule has 0 unspecified atom stereocenters. The molecule has 1 aliphatic heterocycles. The summed E-state index contributed by atoms with van der Waals surface area (Å²) in [5.41, 5.74) is 0.216. The van der Waals surface area contributed by atoms with Crippen molar-refractivity contribution in [2.24, 2.45) is 0 Å². The Labute approximate surface area is 161 Å². The van der Waals surface area contributed by atoms with Crippen LogP contribution in [0.3, 0.4) is 0 Å². The van der Waals surface area contributed by atoms with Gasteiger partial charge in [-0.2, -0.15) is 0 Å². The third-order valence-corrected chi connectivity index (χ3v) is 4.66. The Morgan fingerprint density at radius 2 is 0.654 bits per heavy atom. The van der Waals surface area contributed by atoms with E-state index in [0.717, 1.165) is 52.6 Å². The summed E-state index contributed by atoms with van der Waals surface area (Å²) in [7, 11) is 0. The van der Waals surface area contributed by atoms with Crippen LogP contribution in [0.15, 0.2) is 0 Å². The average Bonchev–Trinajstić information content (AvgIpc) is 2.52. The zero-order chi connectivity index (χ0) is 19.5. The first-order chi connectivity index (χ1) is 12.2. The van der Waals surface area contributed by atoms with E-state index in [1.165, 1.54) is 0 Å². The standard InChI is InChI=1S/C20H42N2O4/c1-19(2,3)21-7-11-23-15-17-25-13-9-22(20(4,5)6)10-14-26-18-16-24-12-8-21/h7-18H2,1-6H3. The van der Waals surface area contributed by atoms with Gasteiger partial charge in [0.05, 0.1) is 52.9 Å². The zero-order valence-corrected chi connectivity index (χ0v) is 18.0. The third kappa shape index (κ3) is 10.8. The fourth-order valence-electron chi connectivity index (χ4n) is 2.91. The minimum Gasteiger partial charge on any atom is -0.378 e. The van der Waals surface area contributed by atoms with Crippen LogP contribution in [-0.2, 0) is 18.9 Å². The maximum atomic E-state index is 5.76. The van der Waals surface area contributed by atoms with Crippen molar-refractivity contribution in [3.8, 4) is 0 Å². The molecule has 0 N–H and O–H groups in total. The Morgan fingerprint density at radius 1 is 0.423 bits per heavy atom. The molecule has 0 radical (unpaired) electrons. The molecule has 1 heterocycles. The monoisotopic (exact) mass is 374 g/mol. The molecule has 0 amide bonds. The van der Waals surface area contributed by atoms with E-state index in [1.807, 2.05) is 0 Å². The minimum absolute atomic E-state index is 0.108. The predicted molar refractivity (Wildman–Crippen MR) is 106 cm³/mol. The lowest BCUT2D eigenvalue weighted by molar-refractivity contribution is -0.0140. The third-order valence-electron chi connectivity index (χ3n) is 4.66. The molecule has 0 saturated carbocycles. The average molecular weight is 375 g/mol. The van der Waals surface area contributed by atoms with Gasteiger partial charge in [0.2, 0.25) is 0 Å². The van der Waals surface area contributed by atoms with E-state index in [-0.39, 0.29) is 11.1 Å². The van der Waals surface area contributed by atoms with Gasteiger partial charge in [-0.25, -0.2) is 0 Å². The SMILES string of the molecule is CC(C)(C)N1CCOCCOCCN(C(C)(C)C)CCOCCOCC1. The van der Waals surface area contributed by atoms with E-state index >= 15 is 0 Å². The van der Waals surface area contributed by atoms with Gasteiger partial charge in [0.1, 0.15) is 0 Å². The van der Waals surface area contributed by atoms with E-state index in [2.05, 4.69) is 51.3 Å². The second-order valence-electron chi connectivity index (χ2n) is 8.77. The predicted octanol–water partition coefficient (Wildman–Crippen LogP) is 2.27. The van der Waals surface area contributed by atoms with E-state index in [0.29, 0.717) is 26.4 Å². The first-order valence-electron chi connectivity index (χ1n) is 10.0. The lowest BCUT2D eigenvalue weighted by Crippen LogP contribution is -2.45. The van der Waals surface area contributed by atoms with Crippen LogP contribution in [0.1, 0.15) is 41.5 Å². The molecule has 0 aliphatic carbocycles. The van der Waals surface area contributed by atoms with Crippen LogP contribution in [0.25, 0.3) is 0 Å². The number of ether oxygens (including phenoxy) is 4. The molecule has 1 rings (SSSR count). The highest BCUT2D eigenvalue weighted by Gasteiger charge is 2.21. The highest BCUT2D eigenvalue weighted by molar-refractivity contribution is 4.77. The van der Waals surface area contributed by atoms with Gasteiger partial charge in [-0.15, -0.1) is 0 Å². The molecule has 0 aromatic heterocycles. The zero-order valence-electron chi connectivity index (χ0n) is 18.0. The van der Waals surface area contributed by atoms with E-state index < -0.39 is 0 Å². The minimum atomic E-state index is 0.108. The topological polar surface area (TPSA) is 43.4 Å². The van der Waals surface area contributed by atoms with Crippen molar-refractivity contribution >= 4 is 0 Å². The second-order valence-corrected chi connectivity index (χ2v) is 8.77. The van der Waals surface area contributed by atoms with Crippen molar-refractivity contribution in [1.82, 2.24) is 9.80 Å². The fraction of sp³-hybridized carbons (Fsp3) is 1.00. The maximum Gasteiger partial charge on any atom is 0.0701 e. The molecule has 1 aliphatic rings. The van der Waals surface area contributed by atoms with Crippen molar-refractivity contribution in [3.63, 3.8) is 0 Å². The molecule has 1 fully saturated rings. The van der Waals surface area contributed by atoms with Gasteiger partial charge in [-0.05, 0) is 41.5 Å². The normalized spacial score (nSPS) is 23.3. The molecule has 0 bridgehead atoms. The van der Waals surface area contributed by atoms with Crippen molar-refractivity contribution < 1.29 is 18.9 Å². The highest BCUT2D eigenvalue weighted by Crippen LogP contribution is 2.13. The lowest BCUT2D eigenvalue weighted by Gasteiger charge is -2.36. The Bertz CT molecular complexity index is 299. The lowest BCUT2D eigenvalue weighted by atomic mass is 10.1. The smallest absolute Gasteiger partial charge is 0.0701 e. The Kier molecular flexibility index (Phi) is 11.2.